The molecule has 1 atom stereocenters. The van der Waals surface area contributed by atoms with Crippen LogP contribution in [0.2, 0.25) is 0 Å². The number of aryl methyl sites for hydroxylation is 1. The first-order valence-electron chi connectivity index (χ1n) is 9.45. The smallest absolute Gasteiger partial charge is 0.190 e. The summed E-state index contributed by atoms with van der Waals surface area (Å²) in [6.45, 7) is 3.43. The van der Waals surface area contributed by atoms with Crippen LogP contribution >= 0.6 is 24.0 Å². The number of hydrogen-bond donors (Lipinski definition) is 3. The van der Waals surface area contributed by atoms with Gasteiger partial charge in [0.05, 0.1) is 6.61 Å². The van der Waals surface area contributed by atoms with Crippen molar-refractivity contribution in [2.24, 2.45) is 10.4 Å². The molecule has 0 amide bonds. The predicted octanol–water partition coefficient (Wildman–Crippen LogP) is 2.97. The first-order chi connectivity index (χ1) is 12.3. The number of unbranched alkanes of at least 4 members (excludes halogenated alkanes) is 2. The Kier molecular flexibility index (Phi) is 11.9. The Bertz CT molecular complexity index is 505. The summed E-state index contributed by atoms with van der Waals surface area (Å²) < 4.78 is 5.53. The number of ether oxygens (including phenoxy) is 1. The molecule has 0 aliphatic carbocycles. The fourth-order valence-corrected chi connectivity index (χ4v) is 3.29. The van der Waals surface area contributed by atoms with Crippen LogP contribution in [0, 0.1) is 5.41 Å². The summed E-state index contributed by atoms with van der Waals surface area (Å²) >= 11 is 0. The highest BCUT2D eigenvalue weighted by Crippen LogP contribution is 2.31. The van der Waals surface area contributed by atoms with Gasteiger partial charge in [0.15, 0.2) is 5.96 Å². The van der Waals surface area contributed by atoms with Crippen LogP contribution in [0.1, 0.15) is 37.7 Å². The molecule has 1 fully saturated rings. The van der Waals surface area contributed by atoms with Gasteiger partial charge in [0.25, 0.3) is 0 Å². The number of halogens is 1. The second kappa shape index (κ2) is 13.3. The predicted molar refractivity (Wildman–Crippen MR) is 118 cm³/mol. The van der Waals surface area contributed by atoms with Gasteiger partial charge in [-0.15, -0.1) is 24.0 Å². The Labute approximate surface area is 175 Å². The summed E-state index contributed by atoms with van der Waals surface area (Å²) in [7, 11) is 1.80. The molecular weight excluding hydrogens is 441 g/mol. The minimum atomic E-state index is 0. The van der Waals surface area contributed by atoms with Crippen LogP contribution in [-0.4, -0.2) is 51.0 Å². The van der Waals surface area contributed by atoms with Crippen molar-refractivity contribution in [3.8, 4) is 0 Å². The third kappa shape index (κ3) is 8.22. The van der Waals surface area contributed by atoms with E-state index in [0.717, 1.165) is 57.9 Å². The molecule has 5 nitrogen and oxygen atoms in total. The lowest BCUT2D eigenvalue weighted by molar-refractivity contribution is 0.127. The summed E-state index contributed by atoms with van der Waals surface area (Å²) in [6.07, 6.45) is 6.49. The number of nitrogens with zero attached hydrogens (tertiary/aromatic N) is 1. The van der Waals surface area contributed by atoms with Gasteiger partial charge in [-0.1, -0.05) is 36.8 Å². The summed E-state index contributed by atoms with van der Waals surface area (Å²) in [6, 6.07) is 10.7. The second-order valence-electron chi connectivity index (χ2n) is 6.92. The topological polar surface area (TPSA) is 65.9 Å². The largest absolute Gasteiger partial charge is 0.396 e. The average molecular weight is 475 g/mol. The van der Waals surface area contributed by atoms with E-state index in [4.69, 9.17) is 4.74 Å². The zero-order valence-electron chi connectivity index (χ0n) is 15.9. The maximum absolute atomic E-state index is 9.29. The van der Waals surface area contributed by atoms with Crippen molar-refractivity contribution in [3.05, 3.63) is 35.9 Å². The van der Waals surface area contributed by atoms with E-state index in [1.165, 1.54) is 18.4 Å². The highest BCUT2D eigenvalue weighted by atomic mass is 127. The monoisotopic (exact) mass is 475 g/mol. The molecule has 2 rings (SSSR count). The Morgan fingerprint density at radius 3 is 2.65 bits per heavy atom. The number of nitrogens with one attached hydrogen (secondary N) is 2. The Hall–Kier alpha value is -0.860. The van der Waals surface area contributed by atoms with Gasteiger partial charge in [-0.25, -0.2) is 0 Å². The second-order valence-corrected chi connectivity index (χ2v) is 6.92. The molecule has 148 valence electrons. The number of hydrogen-bond acceptors (Lipinski definition) is 3. The Morgan fingerprint density at radius 2 is 2.00 bits per heavy atom. The van der Waals surface area contributed by atoms with Gasteiger partial charge in [0.1, 0.15) is 0 Å². The molecule has 6 heteroatoms. The first-order valence-corrected chi connectivity index (χ1v) is 9.45. The van der Waals surface area contributed by atoms with E-state index < -0.39 is 0 Å². The molecular formula is C20H34IN3O2. The lowest BCUT2D eigenvalue weighted by Gasteiger charge is -2.27. The van der Waals surface area contributed by atoms with Crippen molar-refractivity contribution in [1.29, 1.82) is 0 Å². The summed E-state index contributed by atoms with van der Waals surface area (Å²) in [4.78, 5) is 4.30. The van der Waals surface area contributed by atoms with Gasteiger partial charge in [-0.2, -0.15) is 0 Å². The van der Waals surface area contributed by atoms with Crippen LogP contribution in [0.4, 0.5) is 0 Å². The van der Waals surface area contributed by atoms with E-state index in [1.54, 1.807) is 7.05 Å². The van der Waals surface area contributed by atoms with Crippen LogP contribution in [0.15, 0.2) is 35.3 Å². The van der Waals surface area contributed by atoms with Gasteiger partial charge in [0.2, 0.25) is 0 Å². The van der Waals surface area contributed by atoms with Crippen molar-refractivity contribution < 1.29 is 9.84 Å². The lowest BCUT2D eigenvalue weighted by atomic mass is 9.84. The summed E-state index contributed by atoms with van der Waals surface area (Å²) in [5, 5.41) is 16.1. The highest BCUT2D eigenvalue weighted by Gasteiger charge is 2.34. The van der Waals surface area contributed by atoms with Crippen LogP contribution in [0.5, 0.6) is 0 Å². The zero-order chi connectivity index (χ0) is 17.8. The highest BCUT2D eigenvalue weighted by molar-refractivity contribution is 14.0. The quantitative estimate of drug-likeness (QED) is 0.211. The van der Waals surface area contributed by atoms with Crippen molar-refractivity contribution in [2.75, 3.05) is 40.0 Å². The van der Waals surface area contributed by atoms with Gasteiger partial charge < -0.3 is 20.5 Å². The van der Waals surface area contributed by atoms with Crippen molar-refractivity contribution in [3.63, 3.8) is 0 Å². The maximum atomic E-state index is 9.29. The van der Waals surface area contributed by atoms with E-state index >= 15 is 0 Å². The normalized spacial score (nSPS) is 19.8. The van der Waals surface area contributed by atoms with Gasteiger partial charge in [0, 0.05) is 38.8 Å². The fraction of sp³-hybridized carbons (Fsp3) is 0.650. The average Bonchev–Trinajstić information content (AvgIpc) is 3.10. The third-order valence-electron chi connectivity index (χ3n) is 4.96. The zero-order valence-corrected chi connectivity index (χ0v) is 18.2. The molecule has 26 heavy (non-hydrogen) atoms. The SMILES string of the molecule is CN=C(NCCCCCc1ccccc1)NCC1(CCO)CCOC1.I. The minimum absolute atomic E-state index is 0. The molecule has 1 heterocycles. The molecule has 1 unspecified atom stereocenters. The fourth-order valence-electron chi connectivity index (χ4n) is 3.29. The van der Waals surface area contributed by atoms with Crippen molar-refractivity contribution >= 4 is 29.9 Å². The standard InChI is InChI=1S/C20H33N3O2.HI/c1-21-19(23-16-20(11-14-24)12-15-25-17-20)22-13-7-3-6-10-18-8-4-2-5-9-18;/h2,4-5,8-9,24H,3,6-7,10-17H2,1H3,(H2,21,22,23);1H. The Morgan fingerprint density at radius 1 is 1.19 bits per heavy atom. The molecule has 1 aromatic carbocycles. The van der Waals surface area contributed by atoms with E-state index in [-0.39, 0.29) is 36.0 Å². The van der Waals surface area contributed by atoms with E-state index in [0.29, 0.717) is 0 Å². The molecule has 0 bridgehead atoms. The van der Waals surface area contributed by atoms with Gasteiger partial charge in [-0.3, -0.25) is 4.99 Å². The van der Waals surface area contributed by atoms with Gasteiger partial charge >= 0.3 is 0 Å². The molecule has 1 aliphatic heterocycles. The van der Waals surface area contributed by atoms with E-state index in [2.05, 4.69) is 46.0 Å². The van der Waals surface area contributed by atoms with E-state index in [9.17, 15) is 5.11 Å². The van der Waals surface area contributed by atoms with Crippen molar-refractivity contribution in [2.45, 2.75) is 38.5 Å². The first kappa shape index (κ1) is 23.2. The molecule has 0 radical (unpaired) electrons. The molecule has 0 spiro atoms. The maximum Gasteiger partial charge on any atom is 0.190 e. The molecule has 0 saturated carbocycles. The molecule has 3 N–H and O–H groups in total. The van der Waals surface area contributed by atoms with E-state index in [1.807, 2.05) is 0 Å². The Balaban J connectivity index is 0.00000338. The number of aliphatic imine (C=N–C) groups is 1. The summed E-state index contributed by atoms with van der Waals surface area (Å²) in [5.74, 6) is 0.840. The van der Waals surface area contributed by atoms with Crippen molar-refractivity contribution in [1.82, 2.24) is 10.6 Å². The van der Waals surface area contributed by atoms with Crippen LogP contribution in [0.3, 0.4) is 0 Å². The minimum Gasteiger partial charge on any atom is -0.396 e. The number of aliphatic hydroxyl groups is 1. The number of aliphatic hydroxyl groups excluding tert-OH is 1. The molecule has 0 aromatic heterocycles. The molecule has 1 aliphatic rings. The van der Waals surface area contributed by atoms with Crippen LogP contribution < -0.4 is 10.6 Å². The molecule has 1 saturated heterocycles. The van der Waals surface area contributed by atoms with Crippen LogP contribution in [-0.2, 0) is 11.2 Å². The molecule has 1 aromatic rings. The summed E-state index contributed by atoms with van der Waals surface area (Å²) in [5.41, 5.74) is 1.46. The van der Waals surface area contributed by atoms with Gasteiger partial charge in [-0.05, 0) is 37.7 Å². The number of guanidine groups is 1. The number of benzene rings is 1. The third-order valence-corrected chi connectivity index (χ3v) is 4.96. The van der Waals surface area contributed by atoms with Crippen LogP contribution in [0.25, 0.3) is 0 Å². The number of rotatable bonds is 10. The lowest BCUT2D eigenvalue weighted by Crippen LogP contribution is -2.44.